The van der Waals surface area contributed by atoms with E-state index >= 15 is 0 Å². The van der Waals surface area contributed by atoms with Crippen LogP contribution in [0.1, 0.15) is 64.7 Å². The van der Waals surface area contributed by atoms with Crippen molar-refractivity contribution in [3.8, 4) is 0 Å². The molecule has 1 saturated carbocycles. The molecule has 0 aromatic carbocycles. The minimum atomic E-state index is 0.993. The Balaban J connectivity index is 1.88. The molecule has 1 heteroatoms. The second-order valence-electron chi connectivity index (χ2n) is 5.51. The molecule has 2 fully saturated rings. The van der Waals surface area contributed by atoms with Crippen LogP contribution in [0.2, 0.25) is 0 Å². The number of allylic oxidation sites excluding steroid dienone is 2. The Morgan fingerprint density at radius 3 is 2.38 bits per heavy atom. The van der Waals surface area contributed by atoms with Crippen LogP contribution in [0.3, 0.4) is 0 Å². The largest absolute Gasteiger partial charge is 0.375 e. The van der Waals surface area contributed by atoms with Gasteiger partial charge in [0.15, 0.2) is 0 Å². The Labute approximate surface area is 101 Å². The van der Waals surface area contributed by atoms with E-state index in [4.69, 9.17) is 0 Å². The fourth-order valence-electron chi connectivity index (χ4n) is 3.27. The Kier molecular flexibility index (Phi) is 4.74. The minimum Gasteiger partial charge on any atom is -0.375 e. The zero-order chi connectivity index (χ0) is 11.2. The van der Waals surface area contributed by atoms with Crippen LogP contribution in [0.25, 0.3) is 0 Å². The van der Waals surface area contributed by atoms with E-state index in [9.17, 15) is 0 Å². The lowest BCUT2D eigenvalue weighted by Gasteiger charge is -2.28. The molecule has 0 aromatic rings. The topological polar surface area (TPSA) is 3.24 Å². The molecule has 92 valence electrons. The van der Waals surface area contributed by atoms with Gasteiger partial charge in [-0.1, -0.05) is 45.1 Å². The van der Waals surface area contributed by atoms with E-state index in [0.717, 1.165) is 5.92 Å². The van der Waals surface area contributed by atoms with E-state index in [-0.39, 0.29) is 0 Å². The lowest BCUT2D eigenvalue weighted by atomic mass is 9.86. The molecule has 2 aliphatic rings. The lowest BCUT2D eigenvalue weighted by Crippen LogP contribution is -2.21. The van der Waals surface area contributed by atoms with Gasteiger partial charge in [-0.25, -0.2) is 0 Å². The van der Waals surface area contributed by atoms with Crippen LogP contribution < -0.4 is 0 Å². The van der Waals surface area contributed by atoms with Crippen molar-refractivity contribution < 1.29 is 0 Å². The number of hydrogen-bond donors (Lipinski definition) is 0. The second-order valence-corrected chi connectivity index (χ2v) is 5.51. The molecule has 0 spiro atoms. The van der Waals surface area contributed by atoms with Crippen molar-refractivity contribution >= 4 is 0 Å². The van der Waals surface area contributed by atoms with Crippen LogP contribution in [-0.2, 0) is 0 Å². The lowest BCUT2D eigenvalue weighted by molar-refractivity contribution is 0.313. The van der Waals surface area contributed by atoms with Gasteiger partial charge in [-0.15, -0.1) is 0 Å². The van der Waals surface area contributed by atoms with Gasteiger partial charge in [0, 0.05) is 18.8 Å². The first-order chi connectivity index (χ1) is 7.90. The number of hydrogen-bond acceptors (Lipinski definition) is 1. The summed E-state index contributed by atoms with van der Waals surface area (Å²) in [7, 11) is 0. The van der Waals surface area contributed by atoms with Crippen molar-refractivity contribution in [3.63, 3.8) is 0 Å². The molecule has 1 nitrogen and oxygen atoms in total. The van der Waals surface area contributed by atoms with Gasteiger partial charge in [0.25, 0.3) is 0 Å². The Morgan fingerprint density at radius 1 is 1.06 bits per heavy atom. The van der Waals surface area contributed by atoms with E-state index < -0.39 is 0 Å². The molecular formula is C15H27N. The first-order valence-electron chi connectivity index (χ1n) is 7.34. The standard InChI is InChI=1S/C15H27N/c1-2-8-15(16-11-6-7-12-16)13-14-9-4-3-5-10-14/h8,14H,2-7,9-13H2,1H3/b15-8+. The normalized spacial score (nSPS) is 24.1. The molecule has 0 radical (unpaired) electrons. The summed E-state index contributed by atoms with van der Waals surface area (Å²) in [6.45, 7) is 4.91. The molecule has 0 bridgehead atoms. The van der Waals surface area contributed by atoms with Crippen molar-refractivity contribution in [2.24, 2.45) is 5.92 Å². The molecule has 16 heavy (non-hydrogen) atoms. The smallest absolute Gasteiger partial charge is 0.0175 e. The van der Waals surface area contributed by atoms with E-state index in [1.54, 1.807) is 5.70 Å². The molecule has 0 N–H and O–H groups in total. The van der Waals surface area contributed by atoms with Gasteiger partial charge in [-0.3, -0.25) is 0 Å². The summed E-state index contributed by atoms with van der Waals surface area (Å²) < 4.78 is 0. The van der Waals surface area contributed by atoms with Gasteiger partial charge in [0.2, 0.25) is 0 Å². The molecule has 1 aliphatic heterocycles. The highest BCUT2D eigenvalue weighted by Crippen LogP contribution is 2.31. The van der Waals surface area contributed by atoms with E-state index in [0.29, 0.717) is 0 Å². The average Bonchev–Trinajstić information content (AvgIpc) is 2.83. The van der Waals surface area contributed by atoms with E-state index in [1.807, 2.05) is 0 Å². The van der Waals surface area contributed by atoms with Gasteiger partial charge in [0.05, 0.1) is 0 Å². The summed E-state index contributed by atoms with van der Waals surface area (Å²) in [5, 5.41) is 0. The summed E-state index contributed by atoms with van der Waals surface area (Å²) in [5.41, 5.74) is 1.67. The molecule has 1 heterocycles. The molecule has 2 rings (SSSR count). The van der Waals surface area contributed by atoms with Crippen LogP contribution in [0.4, 0.5) is 0 Å². The van der Waals surface area contributed by atoms with Crippen LogP contribution in [-0.4, -0.2) is 18.0 Å². The minimum absolute atomic E-state index is 0.993. The molecule has 1 saturated heterocycles. The quantitative estimate of drug-likeness (QED) is 0.682. The summed E-state index contributed by atoms with van der Waals surface area (Å²) in [6, 6.07) is 0. The summed E-state index contributed by atoms with van der Waals surface area (Å²) in [6.07, 6.45) is 15.3. The van der Waals surface area contributed by atoms with E-state index in [1.165, 1.54) is 70.9 Å². The third-order valence-electron chi connectivity index (χ3n) is 4.17. The first kappa shape index (κ1) is 12.0. The fourth-order valence-corrected chi connectivity index (χ4v) is 3.27. The maximum absolute atomic E-state index is 2.65. The Bertz CT molecular complexity index is 220. The monoisotopic (exact) mass is 221 g/mol. The van der Waals surface area contributed by atoms with Gasteiger partial charge in [-0.05, 0) is 31.6 Å². The highest BCUT2D eigenvalue weighted by Gasteiger charge is 2.19. The fraction of sp³-hybridized carbons (Fsp3) is 0.867. The van der Waals surface area contributed by atoms with E-state index in [2.05, 4.69) is 17.9 Å². The number of nitrogens with zero attached hydrogens (tertiary/aromatic N) is 1. The van der Waals surface area contributed by atoms with Crippen molar-refractivity contribution in [3.05, 3.63) is 11.8 Å². The Hall–Kier alpha value is -0.460. The molecular weight excluding hydrogens is 194 g/mol. The predicted octanol–water partition coefficient (Wildman–Crippen LogP) is 4.35. The molecule has 0 unspecified atom stereocenters. The molecule has 0 aromatic heterocycles. The maximum atomic E-state index is 2.65. The highest BCUT2D eigenvalue weighted by molar-refractivity contribution is 5.04. The second kappa shape index (κ2) is 6.32. The molecule has 1 aliphatic carbocycles. The third kappa shape index (κ3) is 3.26. The Morgan fingerprint density at radius 2 is 1.75 bits per heavy atom. The highest BCUT2D eigenvalue weighted by atomic mass is 15.1. The summed E-state index contributed by atoms with van der Waals surface area (Å²) >= 11 is 0. The van der Waals surface area contributed by atoms with Gasteiger partial charge in [0.1, 0.15) is 0 Å². The predicted molar refractivity (Wildman–Crippen MR) is 70.4 cm³/mol. The summed E-state index contributed by atoms with van der Waals surface area (Å²) in [5.74, 6) is 0.993. The maximum Gasteiger partial charge on any atom is 0.0175 e. The van der Waals surface area contributed by atoms with Crippen LogP contribution in [0, 0.1) is 5.92 Å². The van der Waals surface area contributed by atoms with Crippen LogP contribution in [0.5, 0.6) is 0 Å². The van der Waals surface area contributed by atoms with Crippen molar-refractivity contribution in [2.45, 2.75) is 64.7 Å². The number of likely N-dealkylation sites (tertiary alicyclic amines) is 1. The van der Waals surface area contributed by atoms with Gasteiger partial charge in [-0.2, -0.15) is 0 Å². The summed E-state index contributed by atoms with van der Waals surface area (Å²) in [4.78, 5) is 2.65. The molecule has 0 amide bonds. The van der Waals surface area contributed by atoms with Gasteiger partial charge >= 0.3 is 0 Å². The van der Waals surface area contributed by atoms with Crippen LogP contribution in [0.15, 0.2) is 11.8 Å². The molecule has 0 atom stereocenters. The SMILES string of the molecule is CC/C=C(\CC1CCCCC1)N1CCCC1. The van der Waals surface area contributed by atoms with Gasteiger partial charge < -0.3 is 4.90 Å². The van der Waals surface area contributed by atoms with Crippen molar-refractivity contribution in [2.75, 3.05) is 13.1 Å². The van der Waals surface area contributed by atoms with Crippen molar-refractivity contribution in [1.29, 1.82) is 0 Å². The zero-order valence-electron chi connectivity index (χ0n) is 10.9. The average molecular weight is 221 g/mol. The zero-order valence-corrected chi connectivity index (χ0v) is 10.9. The number of rotatable bonds is 4. The van der Waals surface area contributed by atoms with Crippen LogP contribution >= 0.6 is 0 Å². The van der Waals surface area contributed by atoms with Crippen molar-refractivity contribution in [1.82, 2.24) is 4.90 Å². The third-order valence-corrected chi connectivity index (χ3v) is 4.17. The first-order valence-corrected chi connectivity index (χ1v) is 7.34.